The SMILES string of the molecule is CC(C)(C)C(=O)O.CC=O. The predicted molar refractivity (Wildman–Crippen MR) is 38.8 cm³/mol. The Bertz CT molecular complexity index is 111. The van der Waals surface area contributed by atoms with Crippen LogP contribution in [0, 0.1) is 5.41 Å². The second-order valence-corrected chi connectivity index (χ2v) is 2.79. The third kappa shape index (κ3) is 10.2. The normalized spacial score (nSPS) is 9.20. The summed E-state index contributed by atoms with van der Waals surface area (Å²) in [4.78, 5) is 18.8. The lowest BCUT2D eigenvalue weighted by molar-refractivity contribution is -0.145. The second kappa shape index (κ2) is 4.97. The average Bonchev–Trinajstić information content (AvgIpc) is 1.64. The van der Waals surface area contributed by atoms with Gasteiger partial charge in [0.05, 0.1) is 5.41 Å². The smallest absolute Gasteiger partial charge is 0.308 e. The maximum atomic E-state index is 10.0. The number of carbonyl (C=O) groups is 2. The monoisotopic (exact) mass is 146 g/mol. The summed E-state index contributed by atoms with van der Waals surface area (Å²) in [6.45, 7) is 6.43. The number of carbonyl (C=O) groups excluding carboxylic acids is 1. The zero-order chi connectivity index (χ0) is 8.78. The number of carboxylic acids is 1. The minimum atomic E-state index is -0.757. The van der Waals surface area contributed by atoms with Crippen LogP contribution in [0.5, 0.6) is 0 Å². The molecular weight excluding hydrogens is 132 g/mol. The van der Waals surface area contributed by atoms with E-state index in [0.717, 1.165) is 6.29 Å². The molecule has 3 heteroatoms. The van der Waals surface area contributed by atoms with Gasteiger partial charge >= 0.3 is 5.97 Å². The lowest BCUT2D eigenvalue weighted by Crippen LogP contribution is -2.18. The molecule has 0 aromatic heterocycles. The van der Waals surface area contributed by atoms with Crippen molar-refractivity contribution in [1.29, 1.82) is 0 Å². The fourth-order valence-corrected chi connectivity index (χ4v) is 0. The zero-order valence-corrected chi connectivity index (χ0v) is 6.84. The van der Waals surface area contributed by atoms with Crippen molar-refractivity contribution in [1.82, 2.24) is 0 Å². The van der Waals surface area contributed by atoms with Crippen LogP contribution in [0.2, 0.25) is 0 Å². The molecule has 60 valence electrons. The van der Waals surface area contributed by atoms with E-state index < -0.39 is 11.4 Å². The minimum Gasteiger partial charge on any atom is -0.481 e. The second-order valence-electron chi connectivity index (χ2n) is 2.79. The van der Waals surface area contributed by atoms with Crippen LogP contribution in [-0.2, 0) is 9.59 Å². The van der Waals surface area contributed by atoms with Crippen molar-refractivity contribution in [2.24, 2.45) is 5.41 Å². The van der Waals surface area contributed by atoms with Crippen molar-refractivity contribution in [3.8, 4) is 0 Å². The van der Waals surface area contributed by atoms with E-state index in [2.05, 4.69) is 0 Å². The number of aldehydes is 1. The van der Waals surface area contributed by atoms with E-state index in [1.807, 2.05) is 0 Å². The molecule has 0 unspecified atom stereocenters. The van der Waals surface area contributed by atoms with Gasteiger partial charge in [0, 0.05) is 0 Å². The Morgan fingerprint density at radius 1 is 1.40 bits per heavy atom. The Labute approximate surface area is 61.1 Å². The molecule has 0 saturated carbocycles. The van der Waals surface area contributed by atoms with Gasteiger partial charge in [0.2, 0.25) is 0 Å². The summed E-state index contributed by atoms with van der Waals surface area (Å²) in [6.07, 6.45) is 0.750. The van der Waals surface area contributed by atoms with E-state index in [1.54, 1.807) is 20.8 Å². The third-order valence-corrected chi connectivity index (χ3v) is 0.642. The van der Waals surface area contributed by atoms with Gasteiger partial charge in [-0.2, -0.15) is 0 Å². The predicted octanol–water partition coefficient (Wildman–Crippen LogP) is 1.32. The van der Waals surface area contributed by atoms with Crippen molar-refractivity contribution in [2.45, 2.75) is 27.7 Å². The van der Waals surface area contributed by atoms with E-state index >= 15 is 0 Å². The van der Waals surface area contributed by atoms with Gasteiger partial charge in [0.25, 0.3) is 0 Å². The first-order valence-corrected chi connectivity index (χ1v) is 2.99. The molecule has 0 aromatic carbocycles. The quantitative estimate of drug-likeness (QED) is 0.524. The van der Waals surface area contributed by atoms with Gasteiger partial charge in [-0.1, -0.05) is 0 Å². The van der Waals surface area contributed by atoms with Crippen molar-refractivity contribution < 1.29 is 14.7 Å². The summed E-state index contributed by atoms with van der Waals surface area (Å²) in [5, 5.41) is 8.25. The Morgan fingerprint density at radius 3 is 1.50 bits per heavy atom. The lowest BCUT2D eigenvalue weighted by Gasteiger charge is -2.08. The van der Waals surface area contributed by atoms with Crippen molar-refractivity contribution in [3.05, 3.63) is 0 Å². The highest BCUT2D eigenvalue weighted by atomic mass is 16.4. The zero-order valence-electron chi connectivity index (χ0n) is 6.84. The van der Waals surface area contributed by atoms with E-state index in [4.69, 9.17) is 9.90 Å². The molecule has 0 aliphatic heterocycles. The lowest BCUT2D eigenvalue weighted by atomic mass is 9.98. The molecule has 0 radical (unpaired) electrons. The van der Waals surface area contributed by atoms with Crippen molar-refractivity contribution in [3.63, 3.8) is 0 Å². The molecule has 0 aliphatic carbocycles. The van der Waals surface area contributed by atoms with Gasteiger partial charge in [-0.15, -0.1) is 0 Å². The summed E-state index contributed by atoms with van der Waals surface area (Å²) in [6, 6.07) is 0. The maximum absolute atomic E-state index is 10.0. The fourth-order valence-electron chi connectivity index (χ4n) is 0. The minimum absolute atomic E-state index is 0.583. The average molecular weight is 146 g/mol. The molecule has 0 atom stereocenters. The van der Waals surface area contributed by atoms with Gasteiger partial charge in [-0.3, -0.25) is 4.79 Å². The number of hydrogen-bond donors (Lipinski definition) is 1. The van der Waals surface area contributed by atoms with E-state index in [9.17, 15) is 4.79 Å². The highest BCUT2D eigenvalue weighted by Gasteiger charge is 2.18. The van der Waals surface area contributed by atoms with Crippen molar-refractivity contribution in [2.75, 3.05) is 0 Å². The van der Waals surface area contributed by atoms with E-state index in [1.165, 1.54) is 6.92 Å². The number of hydrogen-bond acceptors (Lipinski definition) is 2. The Kier molecular flexibility index (Phi) is 5.90. The summed E-state index contributed by atoms with van der Waals surface area (Å²) >= 11 is 0. The maximum Gasteiger partial charge on any atom is 0.308 e. The van der Waals surface area contributed by atoms with Gasteiger partial charge in [0.15, 0.2) is 0 Å². The van der Waals surface area contributed by atoms with Crippen LogP contribution in [0.25, 0.3) is 0 Å². The molecular formula is C7H14O3. The Morgan fingerprint density at radius 2 is 1.50 bits per heavy atom. The number of carboxylic acid groups (broad SMARTS) is 1. The van der Waals surface area contributed by atoms with Crippen molar-refractivity contribution >= 4 is 12.3 Å². The molecule has 0 fully saturated rings. The molecule has 0 heterocycles. The number of rotatable bonds is 0. The molecule has 0 saturated heterocycles. The first-order valence-electron chi connectivity index (χ1n) is 2.99. The largest absolute Gasteiger partial charge is 0.481 e. The molecule has 1 N–H and O–H groups in total. The first kappa shape index (κ1) is 11.9. The Hall–Kier alpha value is -0.860. The molecule has 0 amide bonds. The van der Waals surface area contributed by atoms with Gasteiger partial charge in [0.1, 0.15) is 6.29 Å². The standard InChI is InChI=1S/C5H10O2.C2H4O/c1-5(2,3)4(6)7;1-2-3/h1-3H3,(H,6,7);2H,1H3. The molecule has 0 spiro atoms. The third-order valence-electron chi connectivity index (χ3n) is 0.642. The molecule has 0 rings (SSSR count). The van der Waals surface area contributed by atoms with Crippen LogP contribution in [0.15, 0.2) is 0 Å². The fraction of sp³-hybridized carbons (Fsp3) is 0.714. The highest BCUT2D eigenvalue weighted by Crippen LogP contribution is 2.11. The summed E-state index contributed by atoms with van der Waals surface area (Å²) < 4.78 is 0. The Balaban J connectivity index is 0. The molecule has 0 aliphatic rings. The van der Waals surface area contributed by atoms with Gasteiger partial charge < -0.3 is 9.90 Å². The van der Waals surface area contributed by atoms with Gasteiger partial charge in [-0.25, -0.2) is 0 Å². The van der Waals surface area contributed by atoms with Crippen LogP contribution >= 0.6 is 0 Å². The van der Waals surface area contributed by atoms with E-state index in [0.29, 0.717) is 0 Å². The van der Waals surface area contributed by atoms with Crippen LogP contribution in [-0.4, -0.2) is 17.4 Å². The first-order chi connectivity index (χ1) is 4.36. The van der Waals surface area contributed by atoms with Crippen LogP contribution in [0.1, 0.15) is 27.7 Å². The topological polar surface area (TPSA) is 54.4 Å². The van der Waals surface area contributed by atoms with Gasteiger partial charge in [-0.05, 0) is 27.7 Å². The molecule has 10 heavy (non-hydrogen) atoms. The molecule has 3 nitrogen and oxygen atoms in total. The van der Waals surface area contributed by atoms with Crippen LogP contribution < -0.4 is 0 Å². The number of aliphatic carboxylic acids is 1. The van der Waals surface area contributed by atoms with Crippen LogP contribution in [0.4, 0.5) is 0 Å². The summed E-state index contributed by atoms with van der Waals surface area (Å²) in [7, 11) is 0. The molecule has 0 bridgehead atoms. The summed E-state index contributed by atoms with van der Waals surface area (Å²) in [5.41, 5.74) is -0.583. The highest BCUT2D eigenvalue weighted by molar-refractivity contribution is 5.72. The molecule has 0 aromatic rings. The summed E-state index contributed by atoms with van der Waals surface area (Å²) in [5.74, 6) is -0.757. The van der Waals surface area contributed by atoms with E-state index in [-0.39, 0.29) is 0 Å². The van der Waals surface area contributed by atoms with Crippen LogP contribution in [0.3, 0.4) is 0 Å².